The van der Waals surface area contributed by atoms with Crippen molar-refractivity contribution in [2.24, 2.45) is 0 Å². The molecule has 0 aromatic rings. The maximum atomic E-state index is 8.35. The van der Waals surface area contributed by atoms with E-state index in [1.54, 1.807) is 0 Å². The molecule has 0 aliphatic heterocycles. The van der Waals surface area contributed by atoms with E-state index in [9.17, 15) is 0 Å². The summed E-state index contributed by atoms with van der Waals surface area (Å²) in [5, 5.41) is 16.7. The first-order chi connectivity index (χ1) is 6.91. The first-order valence-corrected chi connectivity index (χ1v) is 4.24. The van der Waals surface area contributed by atoms with Gasteiger partial charge in [-0.1, -0.05) is 11.8 Å². The predicted molar refractivity (Wildman–Crippen MR) is 51.4 cm³/mol. The van der Waals surface area contributed by atoms with Crippen LogP contribution in [0.4, 0.5) is 0 Å². The fraction of sp³-hybridized carbons (Fsp3) is 0.600. The van der Waals surface area contributed by atoms with E-state index in [1.807, 2.05) is 0 Å². The fourth-order valence-corrected chi connectivity index (χ4v) is 0.536. The van der Waals surface area contributed by atoms with E-state index >= 15 is 0 Å². The van der Waals surface area contributed by atoms with Crippen LogP contribution in [0, 0.1) is 23.7 Å². The summed E-state index contributed by atoms with van der Waals surface area (Å²) in [4.78, 5) is 0. The third-order valence-corrected chi connectivity index (χ3v) is 1.06. The van der Waals surface area contributed by atoms with Crippen LogP contribution in [-0.2, 0) is 9.47 Å². The molecule has 0 fully saturated rings. The van der Waals surface area contributed by atoms with E-state index in [-0.39, 0.29) is 26.4 Å². The summed E-state index contributed by atoms with van der Waals surface area (Å²) in [5.74, 6) is 10.4. The average molecular weight is 198 g/mol. The molecular weight excluding hydrogens is 184 g/mol. The summed E-state index contributed by atoms with van der Waals surface area (Å²) >= 11 is 0. The van der Waals surface area contributed by atoms with Crippen LogP contribution in [0.25, 0.3) is 0 Å². The highest BCUT2D eigenvalue weighted by Gasteiger charge is 1.79. The van der Waals surface area contributed by atoms with Gasteiger partial charge in [0.2, 0.25) is 0 Å². The van der Waals surface area contributed by atoms with Crippen LogP contribution in [0.2, 0.25) is 0 Å². The highest BCUT2D eigenvalue weighted by molar-refractivity contribution is 5.26. The number of ether oxygens (including phenoxy) is 2. The maximum Gasteiger partial charge on any atom is 0.108 e. The summed E-state index contributed by atoms with van der Waals surface area (Å²) in [5.41, 5.74) is 0. The quantitative estimate of drug-likeness (QED) is 0.425. The first-order valence-electron chi connectivity index (χ1n) is 4.24. The van der Waals surface area contributed by atoms with Gasteiger partial charge in [0.05, 0.1) is 26.4 Å². The van der Waals surface area contributed by atoms with Gasteiger partial charge >= 0.3 is 0 Å². The lowest BCUT2D eigenvalue weighted by molar-refractivity contribution is 0.115. The molecule has 0 saturated carbocycles. The summed E-state index contributed by atoms with van der Waals surface area (Å²) in [6.45, 7) is 1.13. The third kappa shape index (κ3) is 11.0. The molecule has 0 aromatic carbocycles. The summed E-state index contributed by atoms with van der Waals surface area (Å²) in [7, 11) is 0. The molecule has 0 saturated heterocycles. The molecule has 0 unspecified atom stereocenters. The molecule has 2 N–H and O–H groups in total. The van der Waals surface area contributed by atoms with Gasteiger partial charge in [-0.25, -0.2) is 0 Å². The third-order valence-electron chi connectivity index (χ3n) is 1.06. The molecule has 0 rings (SSSR count). The number of hydrogen-bond acceptors (Lipinski definition) is 4. The normalized spacial score (nSPS) is 8.43. The van der Waals surface area contributed by atoms with Crippen LogP contribution in [-0.4, -0.2) is 49.9 Å². The average Bonchev–Trinajstić information content (AvgIpc) is 2.21. The van der Waals surface area contributed by atoms with Crippen LogP contribution in [0.15, 0.2) is 0 Å². The van der Waals surface area contributed by atoms with Gasteiger partial charge in [0.15, 0.2) is 0 Å². The van der Waals surface area contributed by atoms with Gasteiger partial charge < -0.3 is 19.7 Å². The summed E-state index contributed by atoms with van der Waals surface area (Å²) < 4.78 is 9.74. The zero-order chi connectivity index (χ0) is 10.5. The Morgan fingerprint density at radius 2 is 1.21 bits per heavy atom. The fourth-order valence-electron chi connectivity index (χ4n) is 0.536. The zero-order valence-corrected chi connectivity index (χ0v) is 7.95. The van der Waals surface area contributed by atoms with Gasteiger partial charge in [-0.3, -0.25) is 0 Å². The van der Waals surface area contributed by atoms with Crippen molar-refractivity contribution in [3.8, 4) is 23.7 Å². The lowest BCUT2D eigenvalue weighted by Gasteiger charge is -1.92. The molecule has 0 heterocycles. The number of rotatable bonds is 6. The molecule has 0 amide bonds. The van der Waals surface area contributed by atoms with Crippen LogP contribution in [0.5, 0.6) is 0 Å². The monoisotopic (exact) mass is 198 g/mol. The van der Waals surface area contributed by atoms with Crippen molar-refractivity contribution in [1.82, 2.24) is 0 Å². The van der Waals surface area contributed by atoms with E-state index < -0.39 is 0 Å². The Bertz CT molecular complexity index is 202. The minimum absolute atomic E-state index is 0.00234. The largest absolute Gasteiger partial charge is 0.394 e. The van der Waals surface area contributed by atoms with Gasteiger partial charge in [-0.2, -0.15) is 0 Å². The predicted octanol–water partition coefficient (Wildman–Crippen LogP) is -0.989. The van der Waals surface area contributed by atoms with Gasteiger partial charge in [-0.15, -0.1) is 0 Å². The summed E-state index contributed by atoms with van der Waals surface area (Å²) in [6, 6.07) is 0. The Hall–Kier alpha value is -1.04. The maximum absolute atomic E-state index is 8.35. The second kappa shape index (κ2) is 12.0. The minimum atomic E-state index is 0.00234. The molecule has 0 radical (unpaired) electrons. The number of hydrogen-bond donors (Lipinski definition) is 2. The molecule has 0 atom stereocenters. The van der Waals surface area contributed by atoms with Crippen molar-refractivity contribution < 1.29 is 19.7 Å². The zero-order valence-electron chi connectivity index (χ0n) is 7.95. The Morgan fingerprint density at radius 1 is 0.786 bits per heavy atom. The smallest absolute Gasteiger partial charge is 0.108 e. The van der Waals surface area contributed by atoms with Crippen molar-refractivity contribution in [2.45, 2.75) is 0 Å². The molecular formula is C10H14O4. The molecule has 4 heteroatoms. The molecule has 0 bridgehead atoms. The Kier molecular flexibility index (Phi) is 11.1. The minimum Gasteiger partial charge on any atom is -0.394 e. The molecule has 0 aromatic heterocycles. The Labute approximate surface area is 83.8 Å². The molecule has 14 heavy (non-hydrogen) atoms. The van der Waals surface area contributed by atoms with Crippen molar-refractivity contribution in [3.05, 3.63) is 0 Å². The van der Waals surface area contributed by atoms with Crippen LogP contribution in [0.3, 0.4) is 0 Å². The van der Waals surface area contributed by atoms with E-state index in [1.165, 1.54) is 0 Å². The lowest BCUT2D eigenvalue weighted by Crippen LogP contribution is -1.98. The van der Waals surface area contributed by atoms with E-state index in [4.69, 9.17) is 19.7 Å². The molecule has 0 aliphatic carbocycles. The van der Waals surface area contributed by atoms with Crippen LogP contribution < -0.4 is 0 Å². The van der Waals surface area contributed by atoms with Gasteiger partial charge in [-0.05, 0) is 11.8 Å². The summed E-state index contributed by atoms with van der Waals surface area (Å²) in [6.07, 6.45) is 0. The number of aliphatic hydroxyl groups is 2. The lowest BCUT2D eigenvalue weighted by atomic mass is 10.5. The van der Waals surface area contributed by atoms with Gasteiger partial charge in [0.1, 0.15) is 13.2 Å². The number of aliphatic hydroxyl groups excluding tert-OH is 2. The first kappa shape index (κ1) is 13.0. The van der Waals surface area contributed by atoms with E-state index in [2.05, 4.69) is 23.7 Å². The molecule has 0 spiro atoms. The molecule has 78 valence electrons. The highest BCUT2D eigenvalue weighted by Crippen LogP contribution is 1.71. The SMILES string of the molecule is OCCOCC#CC#CCOCCO. The van der Waals surface area contributed by atoms with Crippen LogP contribution >= 0.6 is 0 Å². The van der Waals surface area contributed by atoms with E-state index in [0.717, 1.165) is 0 Å². The van der Waals surface area contributed by atoms with Crippen molar-refractivity contribution in [1.29, 1.82) is 0 Å². The van der Waals surface area contributed by atoms with Gasteiger partial charge in [0.25, 0.3) is 0 Å². The Morgan fingerprint density at radius 3 is 1.57 bits per heavy atom. The van der Waals surface area contributed by atoms with Crippen molar-refractivity contribution in [2.75, 3.05) is 39.6 Å². The van der Waals surface area contributed by atoms with Crippen LogP contribution in [0.1, 0.15) is 0 Å². The second-order valence-corrected chi connectivity index (χ2v) is 2.16. The topological polar surface area (TPSA) is 58.9 Å². The van der Waals surface area contributed by atoms with Gasteiger partial charge in [0, 0.05) is 0 Å². The van der Waals surface area contributed by atoms with Crippen molar-refractivity contribution in [3.63, 3.8) is 0 Å². The second-order valence-electron chi connectivity index (χ2n) is 2.16. The molecule has 0 aliphatic rings. The Balaban J connectivity index is 3.29. The molecule has 4 nitrogen and oxygen atoms in total. The highest BCUT2D eigenvalue weighted by atomic mass is 16.5. The standard InChI is InChI=1S/C10H14O4/c11-5-9-13-7-3-1-2-4-8-14-10-6-12/h11-12H,5-10H2. The van der Waals surface area contributed by atoms with Crippen molar-refractivity contribution >= 4 is 0 Å². The van der Waals surface area contributed by atoms with E-state index in [0.29, 0.717) is 13.2 Å².